The van der Waals surface area contributed by atoms with Gasteiger partial charge in [-0.05, 0) is 55.3 Å². The van der Waals surface area contributed by atoms with Crippen LogP contribution in [0, 0.1) is 0 Å². The van der Waals surface area contributed by atoms with Gasteiger partial charge in [0.05, 0.1) is 12.8 Å². The molecular formula is C24H27N3O2. The molecule has 2 atom stereocenters. The highest BCUT2D eigenvalue weighted by molar-refractivity contribution is 6.00. The zero-order valence-corrected chi connectivity index (χ0v) is 17.1. The molecule has 3 heterocycles. The van der Waals surface area contributed by atoms with Crippen LogP contribution in [0.5, 0.6) is 5.75 Å². The third kappa shape index (κ3) is 4.20. The molecule has 4 rings (SSSR count). The van der Waals surface area contributed by atoms with Gasteiger partial charge in [0, 0.05) is 43.1 Å². The van der Waals surface area contributed by atoms with Crippen molar-refractivity contribution in [1.29, 1.82) is 0 Å². The van der Waals surface area contributed by atoms with Crippen molar-refractivity contribution in [2.75, 3.05) is 20.2 Å². The quantitative estimate of drug-likeness (QED) is 0.860. The number of piperazine rings is 1. The molecule has 1 aromatic rings. The van der Waals surface area contributed by atoms with Gasteiger partial charge in [-0.2, -0.15) is 0 Å². The van der Waals surface area contributed by atoms with E-state index < -0.39 is 0 Å². The number of amides is 1. The van der Waals surface area contributed by atoms with Crippen molar-refractivity contribution >= 4 is 11.5 Å². The number of methoxy groups -OCH3 is 1. The highest BCUT2D eigenvalue weighted by Crippen LogP contribution is 2.27. The maximum atomic E-state index is 13.1. The molecule has 0 aliphatic carbocycles. The Kier molecular flexibility index (Phi) is 5.41. The van der Waals surface area contributed by atoms with Gasteiger partial charge in [0.2, 0.25) is 0 Å². The summed E-state index contributed by atoms with van der Waals surface area (Å²) in [7, 11) is 1.64. The van der Waals surface area contributed by atoms with Gasteiger partial charge >= 0.3 is 0 Å². The van der Waals surface area contributed by atoms with Crippen LogP contribution in [0.15, 0.2) is 78.3 Å². The summed E-state index contributed by atoms with van der Waals surface area (Å²) < 4.78 is 5.32. The standard InChI is InChI=1S/C24H27N3O2/c1-17-14-26(15-18(2)25-17)22-11-10-21-8-4-6-20(13-24(28)27(21)16-22)19-7-5-9-23(12-19)29-3/h4-13,16-18,25H,14-15H2,1-3H3/b6-4?,20-13?,21-8+/t17-,18+. The van der Waals surface area contributed by atoms with Crippen molar-refractivity contribution < 1.29 is 9.53 Å². The van der Waals surface area contributed by atoms with Gasteiger partial charge in [-0.25, -0.2) is 0 Å². The Balaban J connectivity index is 1.64. The number of allylic oxidation sites excluding steroid dienone is 6. The van der Waals surface area contributed by atoms with Crippen LogP contribution in [-0.4, -0.2) is 48.0 Å². The van der Waals surface area contributed by atoms with E-state index in [1.807, 2.05) is 54.8 Å². The molecule has 0 aromatic heterocycles. The van der Waals surface area contributed by atoms with Gasteiger partial charge in [-0.15, -0.1) is 0 Å². The third-order valence-corrected chi connectivity index (χ3v) is 5.35. The lowest BCUT2D eigenvalue weighted by molar-refractivity contribution is -0.122. The zero-order valence-electron chi connectivity index (χ0n) is 17.1. The normalized spacial score (nSPS) is 26.0. The first-order chi connectivity index (χ1) is 14.0. The Morgan fingerprint density at radius 3 is 2.59 bits per heavy atom. The molecule has 1 saturated heterocycles. The Labute approximate surface area is 172 Å². The van der Waals surface area contributed by atoms with Crippen molar-refractivity contribution in [3.05, 3.63) is 83.9 Å². The molecule has 3 aliphatic heterocycles. The Morgan fingerprint density at radius 1 is 1.07 bits per heavy atom. The number of nitrogens with one attached hydrogen (secondary N) is 1. The number of carbonyl (C=O) groups excluding carboxylic acids is 1. The van der Waals surface area contributed by atoms with Crippen LogP contribution in [0.4, 0.5) is 0 Å². The lowest BCUT2D eigenvalue weighted by Crippen LogP contribution is -2.53. The molecular weight excluding hydrogens is 362 g/mol. The molecule has 29 heavy (non-hydrogen) atoms. The summed E-state index contributed by atoms with van der Waals surface area (Å²) in [5.74, 6) is 0.712. The summed E-state index contributed by atoms with van der Waals surface area (Å²) in [6.45, 7) is 6.23. The zero-order chi connectivity index (χ0) is 20.4. The van der Waals surface area contributed by atoms with E-state index in [2.05, 4.69) is 30.1 Å². The van der Waals surface area contributed by atoms with Gasteiger partial charge in [0.1, 0.15) is 5.75 Å². The summed E-state index contributed by atoms with van der Waals surface area (Å²) in [4.78, 5) is 17.2. The predicted molar refractivity (Wildman–Crippen MR) is 116 cm³/mol. The maximum Gasteiger partial charge on any atom is 0.255 e. The summed E-state index contributed by atoms with van der Waals surface area (Å²) in [5.41, 5.74) is 3.74. The smallest absolute Gasteiger partial charge is 0.255 e. The molecule has 1 aromatic carbocycles. The van der Waals surface area contributed by atoms with Crippen molar-refractivity contribution in [3.8, 4) is 5.75 Å². The number of nitrogens with zero attached hydrogens (tertiary/aromatic N) is 2. The van der Waals surface area contributed by atoms with Crippen LogP contribution >= 0.6 is 0 Å². The van der Waals surface area contributed by atoms with E-state index in [-0.39, 0.29) is 5.91 Å². The van der Waals surface area contributed by atoms with E-state index in [4.69, 9.17) is 4.74 Å². The van der Waals surface area contributed by atoms with Crippen molar-refractivity contribution in [1.82, 2.24) is 15.1 Å². The average Bonchev–Trinajstić information content (AvgIpc) is 2.71. The second-order valence-corrected chi connectivity index (χ2v) is 7.75. The number of ether oxygens (including phenoxy) is 1. The van der Waals surface area contributed by atoms with E-state index >= 15 is 0 Å². The summed E-state index contributed by atoms with van der Waals surface area (Å²) in [6.07, 6.45) is 13.7. The van der Waals surface area contributed by atoms with E-state index in [0.717, 1.165) is 41.4 Å². The predicted octanol–water partition coefficient (Wildman–Crippen LogP) is 3.45. The number of rotatable bonds is 3. The molecule has 5 nitrogen and oxygen atoms in total. The van der Waals surface area contributed by atoms with Crippen molar-refractivity contribution in [2.45, 2.75) is 25.9 Å². The summed E-state index contributed by atoms with van der Waals surface area (Å²) in [5, 5.41) is 3.55. The van der Waals surface area contributed by atoms with Gasteiger partial charge in [0.15, 0.2) is 0 Å². The molecule has 1 fully saturated rings. The second-order valence-electron chi connectivity index (χ2n) is 7.75. The first-order valence-corrected chi connectivity index (χ1v) is 10.0. The van der Waals surface area contributed by atoms with Crippen LogP contribution in [0.25, 0.3) is 5.57 Å². The summed E-state index contributed by atoms with van der Waals surface area (Å²) in [6, 6.07) is 8.58. The van der Waals surface area contributed by atoms with E-state index in [1.165, 1.54) is 0 Å². The van der Waals surface area contributed by atoms with E-state index in [1.54, 1.807) is 18.1 Å². The molecule has 1 amide bonds. The van der Waals surface area contributed by atoms with Gasteiger partial charge in [-0.3, -0.25) is 9.69 Å². The Bertz CT molecular complexity index is 945. The van der Waals surface area contributed by atoms with Crippen LogP contribution in [0.1, 0.15) is 19.4 Å². The van der Waals surface area contributed by atoms with E-state index in [0.29, 0.717) is 12.1 Å². The fourth-order valence-electron chi connectivity index (χ4n) is 4.04. The van der Waals surface area contributed by atoms with Gasteiger partial charge < -0.3 is 15.0 Å². The van der Waals surface area contributed by atoms with Crippen LogP contribution in [0.2, 0.25) is 0 Å². The minimum atomic E-state index is -0.0588. The average molecular weight is 389 g/mol. The molecule has 0 saturated carbocycles. The number of hydrogen-bond acceptors (Lipinski definition) is 4. The molecule has 0 radical (unpaired) electrons. The topological polar surface area (TPSA) is 44.8 Å². The van der Waals surface area contributed by atoms with Crippen LogP contribution in [-0.2, 0) is 4.79 Å². The number of hydrogen-bond donors (Lipinski definition) is 1. The molecule has 0 spiro atoms. The van der Waals surface area contributed by atoms with E-state index in [9.17, 15) is 4.79 Å². The summed E-state index contributed by atoms with van der Waals surface area (Å²) >= 11 is 0. The number of benzene rings is 1. The molecule has 3 aliphatic rings. The molecule has 150 valence electrons. The molecule has 5 heteroatoms. The third-order valence-electron chi connectivity index (χ3n) is 5.35. The lowest BCUT2D eigenvalue weighted by atomic mass is 10.0. The molecule has 0 bridgehead atoms. The first-order valence-electron chi connectivity index (χ1n) is 10.0. The first kappa shape index (κ1) is 19.3. The Hall–Kier alpha value is -3.05. The number of carbonyl (C=O) groups is 1. The SMILES string of the molecule is COc1cccc(C2=CC(=O)N3C=C(N4C[C@@H](C)N[C@@H](C)C4)C=C/C3=C\C=C2)c1. The highest BCUT2D eigenvalue weighted by Gasteiger charge is 2.25. The molecule has 1 N–H and O–H groups in total. The monoisotopic (exact) mass is 389 g/mol. The van der Waals surface area contributed by atoms with Gasteiger partial charge in [-0.1, -0.05) is 24.3 Å². The fraction of sp³-hybridized carbons (Fsp3) is 0.292. The van der Waals surface area contributed by atoms with Crippen molar-refractivity contribution in [2.24, 2.45) is 0 Å². The maximum absolute atomic E-state index is 13.1. The van der Waals surface area contributed by atoms with Gasteiger partial charge in [0.25, 0.3) is 5.91 Å². The molecule has 0 unspecified atom stereocenters. The second kappa shape index (κ2) is 8.13. The fourth-order valence-corrected chi connectivity index (χ4v) is 4.04. The number of fused-ring (bicyclic) bond motifs is 1. The van der Waals surface area contributed by atoms with Crippen LogP contribution < -0.4 is 10.1 Å². The van der Waals surface area contributed by atoms with Crippen molar-refractivity contribution in [3.63, 3.8) is 0 Å². The highest BCUT2D eigenvalue weighted by atomic mass is 16.5. The minimum absolute atomic E-state index is 0.0588. The lowest BCUT2D eigenvalue weighted by Gasteiger charge is -2.39. The Morgan fingerprint density at radius 2 is 1.83 bits per heavy atom. The van der Waals surface area contributed by atoms with Crippen LogP contribution in [0.3, 0.4) is 0 Å². The largest absolute Gasteiger partial charge is 0.497 e. The minimum Gasteiger partial charge on any atom is -0.497 e.